The van der Waals surface area contributed by atoms with Crippen LogP contribution in [0.1, 0.15) is 63.9 Å². The maximum Gasteiger partial charge on any atom is 0.220 e. The molecule has 0 unspecified atom stereocenters. The Balaban J connectivity index is 2.15. The second kappa shape index (κ2) is 10.9. The van der Waals surface area contributed by atoms with E-state index in [9.17, 15) is 9.59 Å². The number of amides is 2. The standard InChI is InChI=1S/C18H30N2O3/c1-4-6-7-15(5-2)12-19-17(21)10-11-18(22)20-13-16-9-8-14(3)23-16/h8-9,15H,4-7,10-13H2,1-3H3,(H,19,21)(H,20,22)/t15-/m1/s1. The molecule has 0 spiro atoms. The summed E-state index contributed by atoms with van der Waals surface area (Å²) in [5, 5.41) is 5.70. The van der Waals surface area contributed by atoms with Gasteiger partial charge in [-0.1, -0.05) is 33.1 Å². The molecule has 5 nitrogen and oxygen atoms in total. The monoisotopic (exact) mass is 322 g/mol. The lowest BCUT2D eigenvalue weighted by Crippen LogP contribution is -2.31. The van der Waals surface area contributed by atoms with Crippen molar-refractivity contribution >= 4 is 11.8 Å². The lowest BCUT2D eigenvalue weighted by atomic mass is 9.99. The molecule has 0 radical (unpaired) electrons. The highest BCUT2D eigenvalue weighted by Crippen LogP contribution is 2.11. The van der Waals surface area contributed by atoms with Gasteiger partial charge in [0, 0.05) is 19.4 Å². The van der Waals surface area contributed by atoms with Crippen LogP contribution in [0.2, 0.25) is 0 Å². The molecular weight excluding hydrogens is 292 g/mol. The van der Waals surface area contributed by atoms with Crippen molar-refractivity contribution in [1.29, 1.82) is 0 Å². The number of carbonyl (C=O) groups excluding carboxylic acids is 2. The summed E-state index contributed by atoms with van der Waals surface area (Å²) in [7, 11) is 0. The number of furan rings is 1. The SMILES string of the molecule is CCCC[C@@H](CC)CNC(=O)CCC(=O)NCc1ccc(C)o1. The summed E-state index contributed by atoms with van der Waals surface area (Å²) in [6.07, 6.45) is 5.03. The van der Waals surface area contributed by atoms with Crippen molar-refractivity contribution in [2.45, 2.75) is 65.8 Å². The van der Waals surface area contributed by atoms with E-state index in [1.54, 1.807) is 0 Å². The van der Waals surface area contributed by atoms with Crippen LogP contribution in [0.3, 0.4) is 0 Å². The molecule has 5 heteroatoms. The van der Waals surface area contributed by atoms with Gasteiger partial charge in [-0.15, -0.1) is 0 Å². The highest BCUT2D eigenvalue weighted by molar-refractivity contribution is 5.83. The molecule has 1 aromatic rings. The normalized spacial score (nSPS) is 12.0. The van der Waals surface area contributed by atoms with Crippen molar-refractivity contribution < 1.29 is 14.0 Å². The third kappa shape index (κ3) is 8.43. The maximum absolute atomic E-state index is 11.8. The molecule has 0 aliphatic carbocycles. The predicted molar refractivity (Wildman–Crippen MR) is 90.8 cm³/mol. The third-order valence-corrected chi connectivity index (χ3v) is 3.97. The minimum absolute atomic E-state index is 0.0519. The molecule has 0 aliphatic rings. The topological polar surface area (TPSA) is 71.3 Å². The van der Waals surface area contributed by atoms with Crippen LogP contribution in [0.5, 0.6) is 0 Å². The zero-order chi connectivity index (χ0) is 17.1. The van der Waals surface area contributed by atoms with E-state index in [4.69, 9.17) is 4.42 Å². The predicted octanol–water partition coefficient (Wildman–Crippen LogP) is 3.32. The highest BCUT2D eigenvalue weighted by Gasteiger charge is 2.10. The number of aryl methyl sites for hydroxylation is 1. The van der Waals surface area contributed by atoms with E-state index in [0.29, 0.717) is 19.0 Å². The molecule has 0 saturated heterocycles. The van der Waals surface area contributed by atoms with Crippen molar-refractivity contribution in [3.05, 3.63) is 23.7 Å². The van der Waals surface area contributed by atoms with Crippen LogP contribution in [0, 0.1) is 12.8 Å². The van der Waals surface area contributed by atoms with Crippen molar-refractivity contribution in [3.63, 3.8) is 0 Å². The summed E-state index contributed by atoms with van der Waals surface area (Å²) in [5.74, 6) is 1.90. The number of nitrogens with one attached hydrogen (secondary N) is 2. The Bertz CT molecular complexity index is 482. The van der Waals surface area contributed by atoms with Crippen LogP contribution in [-0.2, 0) is 16.1 Å². The molecule has 0 saturated carbocycles. The highest BCUT2D eigenvalue weighted by atomic mass is 16.3. The Morgan fingerprint density at radius 1 is 1.13 bits per heavy atom. The summed E-state index contributed by atoms with van der Waals surface area (Å²) < 4.78 is 5.37. The number of hydrogen-bond acceptors (Lipinski definition) is 3. The van der Waals surface area contributed by atoms with Gasteiger partial charge < -0.3 is 15.1 Å². The zero-order valence-electron chi connectivity index (χ0n) is 14.6. The number of unbranched alkanes of at least 4 members (excludes halogenated alkanes) is 1. The molecule has 2 N–H and O–H groups in total. The quantitative estimate of drug-likeness (QED) is 0.656. The Morgan fingerprint density at radius 3 is 2.39 bits per heavy atom. The molecular formula is C18H30N2O3. The average molecular weight is 322 g/mol. The second-order valence-electron chi connectivity index (χ2n) is 6.01. The van der Waals surface area contributed by atoms with Crippen molar-refractivity contribution in [2.24, 2.45) is 5.92 Å². The summed E-state index contributed by atoms with van der Waals surface area (Å²) in [6.45, 7) is 7.26. The Morgan fingerprint density at radius 2 is 1.83 bits per heavy atom. The zero-order valence-corrected chi connectivity index (χ0v) is 14.6. The van der Waals surface area contributed by atoms with Crippen LogP contribution >= 0.6 is 0 Å². The van der Waals surface area contributed by atoms with Gasteiger partial charge in [0.15, 0.2) is 0 Å². The van der Waals surface area contributed by atoms with Crippen LogP contribution in [0.4, 0.5) is 0 Å². The number of carbonyl (C=O) groups is 2. The van der Waals surface area contributed by atoms with Gasteiger partial charge in [-0.2, -0.15) is 0 Å². The smallest absolute Gasteiger partial charge is 0.220 e. The largest absolute Gasteiger partial charge is 0.465 e. The summed E-state index contributed by atoms with van der Waals surface area (Å²) >= 11 is 0. The molecule has 1 heterocycles. The first-order valence-electron chi connectivity index (χ1n) is 8.63. The van der Waals surface area contributed by atoms with E-state index in [2.05, 4.69) is 24.5 Å². The Hall–Kier alpha value is -1.78. The molecule has 23 heavy (non-hydrogen) atoms. The minimum atomic E-state index is -0.132. The van der Waals surface area contributed by atoms with Crippen molar-refractivity contribution in [3.8, 4) is 0 Å². The van der Waals surface area contributed by atoms with Crippen LogP contribution < -0.4 is 10.6 Å². The van der Waals surface area contributed by atoms with Crippen LogP contribution in [0.15, 0.2) is 16.5 Å². The van der Waals surface area contributed by atoms with E-state index < -0.39 is 0 Å². The fourth-order valence-electron chi connectivity index (χ4n) is 2.37. The van der Waals surface area contributed by atoms with Gasteiger partial charge >= 0.3 is 0 Å². The molecule has 0 bridgehead atoms. The summed E-state index contributed by atoms with van der Waals surface area (Å²) in [6, 6.07) is 3.70. The average Bonchev–Trinajstić information content (AvgIpc) is 2.96. The van der Waals surface area contributed by atoms with E-state index in [1.807, 2.05) is 19.1 Å². The van der Waals surface area contributed by atoms with Gasteiger partial charge in [0.2, 0.25) is 11.8 Å². The molecule has 2 amide bonds. The molecule has 130 valence electrons. The molecule has 0 aromatic carbocycles. The van der Waals surface area contributed by atoms with Gasteiger partial charge in [-0.3, -0.25) is 9.59 Å². The molecule has 1 aromatic heterocycles. The molecule has 0 fully saturated rings. The third-order valence-electron chi connectivity index (χ3n) is 3.97. The van der Waals surface area contributed by atoms with E-state index in [-0.39, 0.29) is 24.7 Å². The van der Waals surface area contributed by atoms with Gasteiger partial charge in [-0.25, -0.2) is 0 Å². The molecule has 0 aliphatic heterocycles. The lowest BCUT2D eigenvalue weighted by molar-refractivity contribution is -0.126. The molecule has 1 rings (SSSR count). The van der Waals surface area contributed by atoms with Gasteiger partial charge in [0.1, 0.15) is 11.5 Å². The van der Waals surface area contributed by atoms with Crippen LogP contribution in [-0.4, -0.2) is 18.4 Å². The fourth-order valence-corrected chi connectivity index (χ4v) is 2.37. The van der Waals surface area contributed by atoms with Gasteiger partial charge in [-0.05, 0) is 31.4 Å². The maximum atomic E-state index is 11.8. The Kier molecular flexibility index (Phi) is 9.10. The number of rotatable bonds is 11. The summed E-state index contributed by atoms with van der Waals surface area (Å²) in [5.41, 5.74) is 0. The lowest BCUT2D eigenvalue weighted by Gasteiger charge is -2.15. The van der Waals surface area contributed by atoms with E-state index >= 15 is 0 Å². The first kappa shape index (κ1) is 19.3. The Labute approximate surface area is 139 Å². The second-order valence-corrected chi connectivity index (χ2v) is 6.01. The first-order chi connectivity index (χ1) is 11.0. The minimum Gasteiger partial charge on any atom is -0.465 e. The van der Waals surface area contributed by atoms with Crippen LogP contribution in [0.25, 0.3) is 0 Å². The molecule has 1 atom stereocenters. The summed E-state index contributed by atoms with van der Waals surface area (Å²) in [4.78, 5) is 23.5. The fraction of sp³-hybridized carbons (Fsp3) is 0.667. The number of hydrogen-bond donors (Lipinski definition) is 2. The first-order valence-corrected chi connectivity index (χ1v) is 8.63. The van der Waals surface area contributed by atoms with Gasteiger partial charge in [0.25, 0.3) is 0 Å². The van der Waals surface area contributed by atoms with Gasteiger partial charge in [0.05, 0.1) is 6.54 Å². The van der Waals surface area contributed by atoms with Crippen molar-refractivity contribution in [1.82, 2.24) is 10.6 Å². The van der Waals surface area contributed by atoms with E-state index in [1.165, 1.54) is 12.8 Å². The van der Waals surface area contributed by atoms with Crippen molar-refractivity contribution in [2.75, 3.05) is 6.54 Å². The van der Waals surface area contributed by atoms with E-state index in [0.717, 1.165) is 24.4 Å².